The summed E-state index contributed by atoms with van der Waals surface area (Å²) in [6, 6.07) is 15.4. The molecule has 5 heteroatoms. The van der Waals surface area contributed by atoms with Crippen LogP contribution in [0.5, 0.6) is 0 Å². The number of hydrazone groups is 1. The van der Waals surface area contributed by atoms with Crippen LogP contribution in [0.4, 0.5) is 4.39 Å². The predicted molar refractivity (Wildman–Crippen MR) is 85.0 cm³/mol. The number of halogens is 1. The van der Waals surface area contributed by atoms with E-state index in [-0.39, 0.29) is 11.7 Å². The van der Waals surface area contributed by atoms with E-state index in [1.54, 1.807) is 12.1 Å². The first-order chi connectivity index (χ1) is 11.1. The maximum absolute atomic E-state index is 13.1. The van der Waals surface area contributed by atoms with Gasteiger partial charge in [0.05, 0.1) is 0 Å². The summed E-state index contributed by atoms with van der Waals surface area (Å²) in [5, 5.41) is 5.71. The second-order valence-electron chi connectivity index (χ2n) is 5.35. The van der Waals surface area contributed by atoms with Crippen molar-refractivity contribution in [2.24, 2.45) is 5.10 Å². The molecule has 1 amide bonds. The lowest BCUT2D eigenvalue weighted by Crippen LogP contribution is -2.43. The topological polar surface area (TPSA) is 41.9 Å². The van der Waals surface area contributed by atoms with Gasteiger partial charge in [0.2, 0.25) is 17.5 Å². The molecule has 118 valence electrons. The normalized spacial score (nSPS) is 20.1. The molecule has 1 heterocycles. The van der Waals surface area contributed by atoms with Crippen molar-refractivity contribution in [2.75, 3.05) is 0 Å². The maximum Gasteiger partial charge on any atom is 0.243 e. The first-order valence-corrected chi connectivity index (χ1v) is 7.46. The van der Waals surface area contributed by atoms with Crippen molar-refractivity contribution in [3.05, 3.63) is 71.5 Å². The first-order valence-electron chi connectivity index (χ1n) is 7.46. The van der Waals surface area contributed by atoms with Crippen molar-refractivity contribution in [3.63, 3.8) is 0 Å². The van der Waals surface area contributed by atoms with Crippen molar-refractivity contribution in [2.45, 2.75) is 26.0 Å². The molecule has 4 nitrogen and oxygen atoms in total. The van der Waals surface area contributed by atoms with Gasteiger partial charge in [-0.1, -0.05) is 37.3 Å². The molecule has 1 aliphatic heterocycles. The van der Waals surface area contributed by atoms with Gasteiger partial charge in [-0.3, -0.25) is 4.79 Å². The fourth-order valence-corrected chi connectivity index (χ4v) is 2.73. The number of nitrogens with zero attached hydrogens (tertiary/aromatic N) is 2. The number of carbonyl (C=O) groups is 1. The van der Waals surface area contributed by atoms with Crippen molar-refractivity contribution < 1.29 is 13.9 Å². The van der Waals surface area contributed by atoms with Gasteiger partial charge in [0.1, 0.15) is 5.82 Å². The Morgan fingerprint density at radius 3 is 2.39 bits per heavy atom. The Morgan fingerprint density at radius 2 is 1.83 bits per heavy atom. The van der Waals surface area contributed by atoms with Crippen LogP contribution in [-0.4, -0.2) is 16.8 Å². The number of rotatable bonds is 3. The number of benzene rings is 2. The molecule has 0 radical (unpaired) electrons. The summed E-state index contributed by atoms with van der Waals surface area (Å²) in [5.74, 6) is -0.237. The Kier molecular flexibility index (Phi) is 3.86. The fourth-order valence-electron chi connectivity index (χ4n) is 2.73. The summed E-state index contributed by atoms with van der Waals surface area (Å²) in [7, 11) is 0. The first kappa shape index (κ1) is 15.2. The SMILES string of the molecule is CCC1(c2ccccc2)OC(c2ccc(F)cc2)=NN1C(C)=O. The van der Waals surface area contributed by atoms with Crippen LogP contribution in [0, 0.1) is 5.82 Å². The van der Waals surface area contributed by atoms with Crippen LogP contribution in [0.15, 0.2) is 59.7 Å². The molecule has 0 saturated carbocycles. The van der Waals surface area contributed by atoms with Crippen molar-refractivity contribution in [1.29, 1.82) is 0 Å². The van der Waals surface area contributed by atoms with E-state index in [1.807, 2.05) is 37.3 Å². The van der Waals surface area contributed by atoms with Crippen LogP contribution < -0.4 is 0 Å². The largest absolute Gasteiger partial charge is 0.443 e. The zero-order chi connectivity index (χ0) is 16.4. The molecule has 1 unspecified atom stereocenters. The van der Waals surface area contributed by atoms with Gasteiger partial charge < -0.3 is 4.74 Å². The third-order valence-corrected chi connectivity index (χ3v) is 3.89. The zero-order valence-corrected chi connectivity index (χ0v) is 13.0. The molecular weight excluding hydrogens is 295 g/mol. The van der Waals surface area contributed by atoms with Crippen LogP contribution in [0.25, 0.3) is 0 Å². The summed E-state index contributed by atoms with van der Waals surface area (Å²) < 4.78 is 19.2. The molecular formula is C18H17FN2O2. The second kappa shape index (κ2) is 5.83. The van der Waals surface area contributed by atoms with Gasteiger partial charge in [-0.25, -0.2) is 4.39 Å². The van der Waals surface area contributed by atoms with Crippen LogP contribution in [-0.2, 0) is 15.3 Å². The standard InChI is InChI=1S/C18H17FN2O2/c1-3-18(15-7-5-4-6-8-15)21(13(2)22)20-17(23-18)14-9-11-16(19)12-10-14/h4-12H,3H2,1-2H3. The molecule has 1 atom stereocenters. The van der Waals surface area contributed by atoms with Gasteiger partial charge in [-0.05, 0) is 24.3 Å². The van der Waals surface area contributed by atoms with E-state index in [1.165, 1.54) is 24.1 Å². The lowest BCUT2D eigenvalue weighted by molar-refractivity contribution is -0.149. The van der Waals surface area contributed by atoms with Crippen molar-refractivity contribution >= 4 is 11.8 Å². The molecule has 0 saturated heterocycles. The highest BCUT2D eigenvalue weighted by Crippen LogP contribution is 2.39. The lowest BCUT2D eigenvalue weighted by atomic mass is 9.99. The average molecular weight is 312 g/mol. The number of ether oxygens (including phenoxy) is 1. The molecule has 0 fully saturated rings. The number of carbonyl (C=O) groups excluding carboxylic acids is 1. The van der Waals surface area contributed by atoms with E-state index < -0.39 is 5.72 Å². The Labute approximate surface area is 134 Å². The molecule has 0 bridgehead atoms. The maximum atomic E-state index is 13.1. The highest BCUT2D eigenvalue weighted by Gasteiger charge is 2.47. The molecule has 23 heavy (non-hydrogen) atoms. The van der Waals surface area contributed by atoms with E-state index in [2.05, 4.69) is 5.10 Å². The summed E-state index contributed by atoms with van der Waals surface area (Å²) in [5.41, 5.74) is 0.499. The second-order valence-corrected chi connectivity index (χ2v) is 5.35. The molecule has 0 aliphatic carbocycles. The monoisotopic (exact) mass is 312 g/mol. The van der Waals surface area contributed by atoms with Gasteiger partial charge in [-0.2, -0.15) is 5.01 Å². The van der Waals surface area contributed by atoms with Gasteiger partial charge in [0, 0.05) is 24.5 Å². The smallest absolute Gasteiger partial charge is 0.243 e. The summed E-state index contributed by atoms with van der Waals surface area (Å²) in [6.07, 6.45) is 0.533. The van der Waals surface area contributed by atoms with Crippen LogP contribution in [0.2, 0.25) is 0 Å². The summed E-state index contributed by atoms with van der Waals surface area (Å²) in [4.78, 5) is 12.1. The Hall–Kier alpha value is -2.69. The molecule has 1 aliphatic rings. The summed E-state index contributed by atoms with van der Waals surface area (Å²) in [6.45, 7) is 3.39. The van der Waals surface area contributed by atoms with Crippen molar-refractivity contribution in [3.8, 4) is 0 Å². The fraction of sp³-hybridized carbons (Fsp3) is 0.222. The zero-order valence-electron chi connectivity index (χ0n) is 13.0. The highest BCUT2D eigenvalue weighted by molar-refractivity contribution is 5.96. The van der Waals surface area contributed by atoms with Crippen LogP contribution in [0.3, 0.4) is 0 Å². The van der Waals surface area contributed by atoms with Crippen LogP contribution >= 0.6 is 0 Å². The molecule has 3 rings (SSSR count). The van der Waals surface area contributed by atoms with E-state index in [9.17, 15) is 9.18 Å². The van der Waals surface area contributed by atoms with Gasteiger partial charge >= 0.3 is 0 Å². The Balaban J connectivity index is 2.06. The Bertz CT molecular complexity index is 743. The molecule has 0 spiro atoms. The highest BCUT2D eigenvalue weighted by atomic mass is 19.1. The van der Waals surface area contributed by atoms with E-state index in [0.29, 0.717) is 17.9 Å². The number of hydrogen-bond acceptors (Lipinski definition) is 3. The number of hydrogen-bond donors (Lipinski definition) is 0. The molecule has 2 aromatic rings. The number of amides is 1. The summed E-state index contributed by atoms with van der Waals surface area (Å²) >= 11 is 0. The molecule has 0 aromatic heterocycles. The quantitative estimate of drug-likeness (QED) is 0.868. The molecule has 0 N–H and O–H groups in total. The van der Waals surface area contributed by atoms with E-state index >= 15 is 0 Å². The lowest BCUT2D eigenvalue weighted by Gasteiger charge is -2.33. The Morgan fingerprint density at radius 1 is 1.17 bits per heavy atom. The minimum absolute atomic E-state index is 0.215. The van der Waals surface area contributed by atoms with Gasteiger partial charge in [0.25, 0.3) is 0 Å². The minimum Gasteiger partial charge on any atom is -0.443 e. The predicted octanol–water partition coefficient (Wildman–Crippen LogP) is 3.63. The van der Waals surface area contributed by atoms with E-state index in [0.717, 1.165) is 5.56 Å². The van der Waals surface area contributed by atoms with Crippen LogP contribution in [0.1, 0.15) is 31.4 Å². The van der Waals surface area contributed by atoms with E-state index in [4.69, 9.17) is 4.74 Å². The minimum atomic E-state index is -0.975. The van der Waals surface area contributed by atoms with Gasteiger partial charge in [0.15, 0.2) is 0 Å². The average Bonchev–Trinajstić information content (AvgIpc) is 2.98. The van der Waals surface area contributed by atoms with Crippen molar-refractivity contribution in [1.82, 2.24) is 5.01 Å². The third kappa shape index (κ3) is 2.59. The molecule has 2 aromatic carbocycles. The van der Waals surface area contributed by atoms with Gasteiger partial charge in [-0.15, -0.1) is 5.10 Å². The third-order valence-electron chi connectivity index (χ3n) is 3.89.